The monoisotopic (exact) mass is 383 g/mol. The fraction of sp³-hybridized carbons (Fsp3) is 0.667. The van der Waals surface area contributed by atoms with Crippen molar-refractivity contribution < 1.29 is 18.3 Å². The Hall–Kier alpha value is 0.01000. The summed E-state index contributed by atoms with van der Waals surface area (Å²) in [5, 5.41) is 9.27. The number of thiophene rings is 1. The van der Waals surface area contributed by atoms with E-state index in [1.807, 2.05) is 20.8 Å². The molecule has 0 amide bonds. The number of halogens is 1. The maximum absolute atomic E-state index is 12.7. The van der Waals surface area contributed by atoms with Crippen molar-refractivity contribution in [3.8, 4) is 0 Å². The van der Waals surface area contributed by atoms with Gasteiger partial charge < -0.3 is 9.84 Å². The van der Waals surface area contributed by atoms with Crippen molar-refractivity contribution in [3.63, 3.8) is 0 Å². The highest BCUT2D eigenvalue weighted by Gasteiger charge is 2.39. The molecule has 1 saturated heterocycles. The number of sulfonamides is 1. The van der Waals surface area contributed by atoms with Crippen LogP contribution < -0.4 is 0 Å². The van der Waals surface area contributed by atoms with E-state index in [1.165, 1.54) is 15.6 Å². The number of hydrogen-bond donors (Lipinski definition) is 1. The normalized spacial score (nSPS) is 23.9. The van der Waals surface area contributed by atoms with Gasteiger partial charge in [0.2, 0.25) is 0 Å². The van der Waals surface area contributed by atoms with Crippen molar-refractivity contribution in [1.29, 1.82) is 0 Å². The quantitative estimate of drug-likeness (QED) is 0.866. The number of morpholine rings is 1. The zero-order valence-corrected chi connectivity index (χ0v) is 14.8. The van der Waals surface area contributed by atoms with E-state index in [1.54, 1.807) is 6.07 Å². The summed E-state index contributed by atoms with van der Waals surface area (Å²) in [6.45, 7) is 5.78. The molecule has 0 saturated carbocycles. The molecule has 0 aromatic carbocycles. The summed E-state index contributed by atoms with van der Waals surface area (Å²) in [5.74, 6) is 0. The first kappa shape index (κ1) is 16.4. The minimum absolute atomic E-state index is 0.177. The van der Waals surface area contributed by atoms with Crippen molar-refractivity contribution >= 4 is 37.3 Å². The van der Waals surface area contributed by atoms with E-state index in [2.05, 4.69) is 15.9 Å². The predicted molar refractivity (Wildman–Crippen MR) is 81.6 cm³/mol. The van der Waals surface area contributed by atoms with Gasteiger partial charge in [0.15, 0.2) is 0 Å². The Morgan fingerprint density at radius 3 is 2.75 bits per heavy atom. The van der Waals surface area contributed by atoms with E-state index < -0.39 is 21.7 Å². The smallest absolute Gasteiger partial charge is 0.252 e. The molecule has 2 heterocycles. The van der Waals surface area contributed by atoms with Crippen molar-refractivity contribution in [1.82, 2.24) is 4.31 Å². The summed E-state index contributed by atoms with van der Waals surface area (Å²) in [6.07, 6.45) is -0.488. The van der Waals surface area contributed by atoms with E-state index in [-0.39, 0.29) is 19.7 Å². The number of nitrogens with zero attached hydrogens (tertiary/aromatic N) is 1. The largest absolute Gasteiger partial charge is 0.394 e. The average molecular weight is 384 g/mol. The molecule has 1 aromatic rings. The van der Waals surface area contributed by atoms with Crippen molar-refractivity contribution in [3.05, 3.63) is 15.4 Å². The van der Waals surface area contributed by atoms with Gasteiger partial charge in [-0.3, -0.25) is 0 Å². The van der Waals surface area contributed by atoms with Gasteiger partial charge in [0, 0.05) is 13.1 Å². The van der Waals surface area contributed by atoms with Gasteiger partial charge in [-0.15, -0.1) is 11.3 Å². The zero-order valence-electron chi connectivity index (χ0n) is 11.6. The van der Waals surface area contributed by atoms with Crippen LogP contribution in [0.25, 0.3) is 0 Å². The molecule has 2 rings (SSSR count). The molecule has 114 valence electrons. The first-order valence-electron chi connectivity index (χ1n) is 6.20. The molecule has 0 radical (unpaired) electrons. The molecular weight excluding hydrogens is 366 g/mol. The minimum Gasteiger partial charge on any atom is -0.394 e. The number of rotatable bonds is 3. The van der Waals surface area contributed by atoms with Crippen molar-refractivity contribution in [2.24, 2.45) is 0 Å². The van der Waals surface area contributed by atoms with Gasteiger partial charge in [0.1, 0.15) is 4.21 Å². The van der Waals surface area contributed by atoms with Crippen LogP contribution in [-0.4, -0.2) is 49.2 Å². The third-order valence-electron chi connectivity index (χ3n) is 3.08. The lowest BCUT2D eigenvalue weighted by molar-refractivity contribution is -0.131. The molecule has 1 unspecified atom stereocenters. The molecule has 1 aliphatic heterocycles. The van der Waals surface area contributed by atoms with Crippen LogP contribution in [0.4, 0.5) is 0 Å². The first-order chi connectivity index (χ1) is 9.15. The molecule has 1 aromatic heterocycles. The van der Waals surface area contributed by atoms with Crippen LogP contribution in [0.1, 0.15) is 19.4 Å². The fourth-order valence-corrected chi connectivity index (χ4v) is 6.21. The molecule has 1 N–H and O–H groups in total. The molecule has 1 atom stereocenters. The van der Waals surface area contributed by atoms with E-state index in [4.69, 9.17) is 4.74 Å². The Balaban J connectivity index is 2.33. The summed E-state index contributed by atoms with van der Waals surface area (Å²) in [6, 6.07) is 1.67. The van der Waals surface area contributed by atoms with Crippen LogP contribution in [0.2, 0.25) is 0 Å². The number of hydrogen-bond acceptors (Lipinski definition) is 5. The minimum atomic E-state index is -3.55. The predicted octanol–water partition coefficient (Wildman–Crippen LogP) is 1.98. The van der Waals surface area contributed by atoms with E-state index in [9.17, 15) is 13.5 Å². The highest BCUT2D eigenvalue weighted by atomic mass is 79.9. The second-order valence-electron chi connectivity index (χ2n) is 5.50. The number of aliphatic hydroxyl groups is 1. The fourth-order valence-electron chi connectivity index (χ4n) is 2.21. The second-order valence-corrected chi connectivity index (χ2v) is 10.0. The van der Waals surface area contributed by atoms with Gasteiger partial charge in [-0.05, 0) is 48.3 Å². The summed E-state index contributed by atoms with van der Waals surface area (Å²) in [7, 11) is -3.55. The van der Waals surface area contributed by atoms with Crippen LogP contribution in [0.5, 0.6) is 0 Å². The van der Waals surface area contributed by atoms with Crippen LogP contribution in [0.3, 0.4) is 0 Å². The molecule has 5 nitrogen and oxygen atoms in total. The highest BCUT2D eigenvalue weighted by Crippen LogP contribution is 2.34. The van der Waals surface area contributed by atoms with Crippen LogP contribution in [-0.2, 0) is 14.8 Å². The van der Waals surface area contributed by atoms with Gasteiger partial charge in [-0.1, -0.05) is 0 Å². The third-order valence-corrected chi connectivity index (χ3v) is 7.48. The molecule has 0 aliphatic carbocycles. The van der Waals surface area contributed by atoms with Gasteiger partial charge >= 0.3 is 0 Å². The molecule has 20 heavy (non-hydrogen) atoms. The summed E-state index contributed by atoms with van der Waals surface area (Å²) in [5.41, 5.74) is 0.294. The maximum Gasteiger partial charge on any atom is 0.252 e. The lowest BCUT2D eigenvalue weighted by atomic mass is 10.1. The van der Waals surface area contributed by atoms with Crippen LogP contribution >= 0.6 is 27.3 Å². The van der Waals surface area contributed by atoms with Crippen LogP contribution in [0.15, 0.2) is 14.1 Å². The molecule has 0 spiro atoms. The molecule has 1 fully saturated rings. The van der Waals surface area contributed by atoms with Crippen LogP contribution in [0, 0.1) is 6.92 Å². The van der Waals surface area contributed by atoms with Crippen molar-refractivity contribution in [2.45, 2.75) is 36.7 Å². The topological polar surface area (TPSA) is 66.8 Å². The SMILES string of the molecule is Cc1cc(S(=O)(=O)N2CC(CO)OC(C)(C)C2)sc1Br. The number of aliphatic hydroxyl groups excluding tert-OH is 1. The van der Waals surface area contributed by atoms with E-state index in [0.717, 1.165) is 9.35 Å². The summed E-state index contributed by atoms with van der Waals surface area (Å²) < 4.78 is 33.5. The van der Waals surface area contributed by atoms with Gasteiger partial charge in [0.25, 0.3) is 10.0 Å². The standard InChI is InChI=1S/C12H18BrNO4S2/c1-8-4-10(19-11(8)13)20(16,17)14-5-9(6-15)18-12(2,3)7-14/h4,9,15H,5-7H2,1-3H3. The molecule has 0 bridgehead atoms. The second kappa shape index (κ2) is 5.66. The maximum atomic E-state index is 12.7. The number of ether oxygens (including phenoxy) is 1. The molecule has 1 aliphatic rings. The van der Waals surface area contributed by atoms with Gasteiger partial charge in [-0.25, -0.2) is 8.42 Å². The van der Waals surface area contributed by atoms with Gasteiger partial charge in [-0.2, -0.15) is 4.31 Å². The zero-order chi connectivity index (χ0) is 15.1. The lowest BCUT2D eigenvalue weighted by Gasteiger charge is -2.41. The Labute approximate surface area is 131 Å². The van der Waals surface area contributed by atoms with E-state index in [0.29, 0.717) is 4.21 Å². The van der Waals surface area contributed by atoms with Crippen molar-refractivity contribution in [2.75, 3.05) is 19.7 Å². The molecular formula is C12H18BrNO4S2. The lowest BCUT2D eigenvalue weighted by Crippen LogP contribution is -2.55. The van der Waals surface area contributed by atoms with E-state index >= 15 is 0 Å². The Morgan fingerprint density at radius 2 is 2.25 bits per heavy atom. The summed E-state index contributed by atoms with van der Waals surface area (Å²) >= 11 is 4.56. The molecule has 8 heteroatoms. The number of aryl methyl sites for hydroxylation is 1. The van der Waals surface area contributed by atoms with Gasteiger partial charge in [0.05, 0.1) is 22.1 Å². The first-order valence-corrected chi connectivity index (χ1v) is 9.25. The average Bonchev–Trinajstić information content (AvgIpc) is 2.68. The summed E-state index contributed by atoms with van der Waals surface area (Å²) in [4.78, 5) is 0. The third kappa shape index (κ3) is 3.26. The highest BCUT2D eigenvalue weighted by molar-refractivity contribution is 9.11. The Kier molecular flexibility index (Phi) is 4.63. The Bertz CT molecular complexity index is 577. The Morgan fingerprint density at radius 1 is 1.60 bits per heavy atom.